The van der Waals surface area contributed by atoms with Gasteiger partial charge in [0.15, 0.2) is 0 Å². The van der Waals surface area contributed by atoms with Crippen molar-refractivity contribution in [3.8, 4) is 0 Å². The molecule has 0 aliphatic carbocycles. The van der Waals surface area contributed by atoms with Crippen LogP contribution in [0.5, 0.6) is 0 Å². The predicted molar refractivity (Wildman–Crippen MR) is 104 cm³/mol. The fraction of sp³-hybridized carbons (Fsp3) is 0.211. The van der Waals surface area contributed by atoms with Crippen molar-refractivity contribution in [1.82, 2.24) is 4.31 Å². The predicted octanol–water partition coefficient (Wildman–Crippen LogP) is 4.23. The van der Waals surface area contributed by atoms with E-state index in [2.05, 4.69) is 0 Å². The van der Waals surface area contributed by atoms with Crippen LogP contribution >= 0.6 is 23.2 Å². The minimum Gasteiger partial charge on any atom is -0.463 e. The topological polar surface area (TPSA) is 63.7 Å². The van der Waals surface area contributed by atoms with Crippen LogP contribution in [0.3, 0.4) is 0 Å². The molecular weight excluding hydrogens is 409 g/mol. The van der Waals surface area contributed by atoms with E-state index in [1.807, 2.05) is 0 Å². The molecule has 1 aliphatic heterocycles. The first kappa shape index (κ1) is 19.9. The van der Waals surface area contributed by atoms with Crippen molar-refractivity contribution in [3.05, 3.63) is 75.8 Å². The van der Waals surface area contributed by atoms with Crippen LogP contribution in [-0.4, -0.2) is 31.8 Å². The quantitative estimate of drug-likeness (QED) is 0.672. The van der Waals surface area contributed by atoms with Crippen LogP contribution in [0.15, 0.2) is 65.1 Å². The number of carbonyl (C=O) groups is 1. The van der Waals surface area contributed by atoms with Gasteiger partial charge in [-0.05, 0) is 36.8 Å². The van der Waals surface area contributed by atoms with Crippen LogP contribution in [-0.2, 0) is 19.6 Å². The molecule has 0 bridgehead atoms. The summed E-state index contributed by atoms with van der Waals surface area (Å²) in [4.78, 5) is 12.4. The van der Waals surface area contributed by atoms with E-state index in [-0.39, 0.29) is 28.6 Å². The first-order valence-electron chi connectivity index (χ1n) is 8.25. The SMILES string of the molecule is CCOC(=O)C1=CCN(S(=O)(=O)c2ccccc2Cl)C1c1cccc(Cl)c1. The van der Waals surface area contributed by atoms with Gasteiger partial charge in [-0.15, -0.1) is 0 Å². The standard InChI is InChI=1S/C19H17Cl2NO4S/c1-2-26-19(23)15-10-11-22(18(15)13-6-5-7-14(20)12-13)27(24,25)17-9-4-3-8-16(17)21/h3-10,12,18H,2,11H2,1H3. The van der Waals surface area contributed by atoms with E-state index >= 15 is 0 Å². The molecule has 0 saturated carbocycles. The molecule has 0 saturated heterocycles. The Hall–Kier alpha value is -1.86. The number of halogens is 2. The molecule has 3 rings (SSSR count). The molecule has 1 atom stereocenters. The maximum absolute atomic E-state index is 13.3. The minimum atomic E-state index is -3.96. The van der Waals surface area contributed by atoms with Crippen molar-refractivity contribution in [3.63, 3.8) is 0 Å². The zero-order valence-corrected chi connectivity index (χ0v) is 16.8. The Morgan fingerprint density at radius 1 is 1.19 bits per heavy atom. The Balaban J connectivity index is 2.10. The molecule has 1 unspecified atom stereocenters. The van der Waals surface area contributed by atoms with E-state index in [0.29, 0.717) is 10.6 Å². The lowest BCUT2D eigenvalue weighted by Gasteiger charge is -2.27. The van der Waals surface area contributed by atoms with Crippen LogP contribution in [0.4, 0.5) is 0 Å². The maximum atomic E-state index is 13.3. The number of ether oxygens (including phenoxy) is 1. The molecule has 1 aliphatic rings. The third-order valence-corrected chi connectivity index (χ3v) is 6.74. The number of hydrogen-bond acceptors (Lipinski definition) is 4. The smallest absolute Gasteiger partial charge is 0.335 e. The average Bonchev–Trinajstić information content (AvgIpc) is 3.08. The molecule has 0 spiro atoms. The summed E-state index contributed by atoms with van der Waals surface area (Å²) in [5.41, 5.74) is 0.838. The highest BCUT2D eigenvalue weighted by molar-refractivity contribution is 7.89. The molecule has 2 aromatic carbocycles. The molecule has 0 radical (unpaired) electrons. The average molecular weight is 426 g/mol. The Morgan fingerprint density at radius 3 is 2.59 bits per heavy atom. The summed E-state index contributed by atoms with van der Waals surface area (Å²) in [7, 11) is -3.96. The summed E-state index contributed by atoms with van der Waals surface area (Å²) in [5, 5.41) is 0.560. The molecule has 0 aromatic heterocycles. The third kappa shape index (κ3) is 3.89. The van der Waals surface area contributed by atoms with Gasteiger partial charge < -0.3 is 4.74 Å². The van der Waals surface area contributed by atoms with Crippen molar-refractivity contribution >= 4 is 39.2 Å². The van der Waals surface area contributed by atoms with Crippen LogP contribution < -0.4 is 0 Å². The highest BCUT2D eigenvalue weighted by Gasteiger charge is 2.41. The summed E-state index contributed by atoms with van der Waals surface area (Å²) >= 11 is 12.2. The fourth-order valence-corrected chi connectivity index (χ4v) is 5.24. The van der Waals surface area contributed by atoms with Gasteiger partial charge in [-0.3, -0.25) is 0 Å². The summed E-state index contributed by atoms with van der Waals surface area (Å²) in [6.45, 7) is 1.91. The zero-order chi connectivity index (χ0) is 19.6. The van der Waals surface area contributed by atoms with E-state index in [4.69, 9.17) is 27.9 Å². The first-order valence-corrected chi connectivity index (χ1v) is 10.4. The minimum absolute atomic E-state index is 0.0165. The lowest BCUT2D eigenvalue weighted by molar-refractivity contribution is -0.138. The van der Waals surface area contributed by atoms with Gasteiger partial charge in [0.05, 0.1) is 23.2 Å². The molecule has 1 heterocycles. The number of nitrogens with zero attached hydrogens (tertiary/aromatic N) is 1. The Labute approximate surface area is 168 Å². The van der Waals surface area contributed by atoms with Crippen LogP contribution in [0.25, 0.3) is 0 Å². The lowest BCUT2D eigenvalue weighted by Crippen LogP contribution is -2.33. The number of carbonyl (C=O) groups excluding carboxylic acids is 1. The van der Waals surface area contributed by atoms with Crippen LogP contribution in [0, 0.1) is 0 Å². The fourth-order valence-electron chi connectivity index (χ4n) is 3.01. The molecule has 27 heavy (non-hydrogen) atoms. The van der Waals surface area contributed by atoms with Gasteiger partial charge in [0.1, 0.15) is 4.90 Å². The largest absolute Gasteiger partial charge is 0.463 e. The van der Waals surface area contributed by atoms with Crippen molar-refractivity contribution in [2.75, 3.05) is 13.2 Å². The molecule has 0 fully saturated rings. The van der Waals surface area contributed by atoms with E-state index in [9.17, 15) is 13.2 Å². The highest BCUT2D eigenvalue weighted by Crippen LogP contribution is 2.40. The van der Waals surface area contributed by atoms with Gasteiger partial charge in [-0.2, -0.15) is 4.31 Å². The van der Waals surface area contributed by atoms with Gasteiger partial charge in [0, 0.05) is 11.6 Å². The lowest BCUT2D eigenvalue weighted by atomic mass is 10.0. The van der Waals surface area contributed by atoms with Gasteiger partial charge in [0.2, 0.25) is 10.0 Å². The molecule has 0 N–H and O–H groups in total. The van der Waals surface area contributed by atoms with E-state index in [1.54, 1.807) is 49.4 Å². The molecule has 142 valence electrons. The van der Waals surface area contributed by atoms with E-state index in [1.165, 1.54) is 16.4 Å². The molecular formula is C19H17Cl2NO4S. The van der Waals surface area contributed by atoms with Crippen molar-refractivity contribution in [2.45, 2.75) is 17.9 Å². The molecule has 8 heteroatoms. The van der Waals surface area contributed by atoms with E-state index < -0.39 is 22.0 Å². The zero-order valence-electron chi connectivity index (χ0n) is 14.4. The number of rotatable bonds is 5. The molecule has 2 aromatic rings. The van der Waals surface area contributed by atoms with Crippen LogP contribution in [0.1, 0.15) is 18.5 Å². The molecule has 0 amide bonds. The number of sulfonamides is 1. The van der Waals surface area contributed by atoms with Gasteiger partial charge in [-0.25, -0.2) is 13.2 Å². The van der Waals surface area contributed by atoms with Gasteiger partial charge in [0.25, 0.3) is 0 Å². The van der Waals surface area contributed by atoms with Crippen LogP contribution in [0.2, 0.25) is 10.0 Å². The Kier molecular flexibility index (Phi) is 5.91. The summed E-state index contributed by atoms with van der Waals surface area (Å²) < 4.78 is 32.9. The third-order valence-electron chi connectivity index (χ3n) is 4.17. The second-order valence-electron chi connectivity index (χ2n) is 5.84. The van der Waals surface area contributed by atoms with Crippen molar-refractivity contribution < 1.29 is 17.9 Å². The summed E-state index contributed by atoms with van der Waals surface area (Å²) in [6, 6.07) is 12.1. The normalized spacial score (nSPS) is 17.6. The number of hydrogen-bond donors (Lipinski definition) is 0. The van der Waals surface area contributed by atoms with Gasteiger partial charge >= 0.3 is 5.97 Å². The monoisotopic (exact) mass is 425 g/mol. The van der Waals surface area contributed by atoms with Crippen molar-refractivity contribution in [1.29, 1.82) is 0 Å². The second kappa shape index (κ2) is 8.02. The summed E-state index contributed by atoms with van der Waals surface area (Å²) in [6.07, 6.45) is 1.57. The van der Waals surface area contributed by atoms with Gasteiger partial charge in [-0.1, -0.05) is 53.5 Å². The van der Waals surface area contributed by atoms with E-state index in [0.717, 1.165) is 0 Å². The Bertz CT molecular complexity index is 1000. The maximum Gasteiger partial charge on any atom is 0.335 e. The first-order chi connectivity index (χ1) is 12.9. The number of benzene rings is 2. The number of esters is 1. The second-order valence-corrected chi connectivity index (χ2v) is 8.55. The summed E-state index contributed by atoms with van der Waals surface area (Å²) in [5.74, 6) is -0.556. The molecule has 5 nitrogen and oxygen atoms in total. The Morgan fingerprint density at radius 2 is 1.93 bits per heavy atom. The highest BCUT2D eigenvalue weighted by atomic mass is 35.5. The van der Waals surface area contributed by atoms with Crippen molar-refractivity contribution in [2.24, 2.45) is 0 Å².